The van der Waals surface area contributed by atoms with E-state index in [0.717, 1.165) is 5.02 Å². The smallest absolute Gasteiger partial charge is 0.0416 e. The fourth-order valence-electron chi connectivity index (χ4n) is 0.460. The van der Waals surface area contributed by atoms with E-state index in [1.54, 1.807) is 0 Å². The second-order valence-corrected chi connectivity index (χ2v) is 3.12. The van der Waals surface area contributed by atoms with E-state index in [2.05, 4.69) is 22.6 Å². The van der Waals surface area contributed by atoms with Crippen molar-refractivity contribution in [1.29, 1.82) is 0 Å². The second kappa shape index (κ2) is 2.69. The molecule has 2 heteroatoms. The van der Waals surface area contributed by atoms with E-state index in [-0.39, 0.29) is 0 Å². The standard InChI is InChI=1S/C6H4ClI/c7-5-2-1-3-6(8)4-5/h1-4H/i1+1,2+1,3+1,4+1,5+1,6+1. The van der Waals surface area contributed by atoms with Crippen LogP contribution in [-0.4, -0.2) is 0 Å². The Labute approximate surface area is 67.0 Å². The Morgan fingerprint density at radius 1 is 1.38 bits per heavy atom. The predicted molar refractivity (Wildman–Crippen MR) is 44.2 cm³/mol. The van der Waals surface area contributed by atoms with Gasteiger partial charge in [0.25, 0.3) is 0 Å². The summed E-state index contributed by atoms with van der Waals surface area (Å²) >= 11 is 7.86. The summed E-state index contributed by atoms with van der Waals surface area (Å²) in [6.07, 6.45) is 0. The van der Waals surface area contributed by atoms with Gasteiger partial charge in [-0.25, -0.2) is 0 Å². The minimum Gasteiger partial charge on any atom is -0.0843 e. The van der Waals surface area contributed by atoms with Crippen LogP contribution in [0.3, 0.4) is 0 Å². The molecule has 0 amide bonds. The molecule has 0 unspecified atom stereocenters. The first-order valence-corrected chi connectivity index (χ1v) is 3.66. The zero-order valence-electron chi connectivity index (χ0n) is 4.07. The molecule has 1 aromatic carbocycles. The predicted octanol–water partition coefficient (Wildman–Crippen LogP) is 2.94. The van der Waals surface area contributed by atoms with Crippen LogP contribution < -0.4 is 0 Å². The SMILES string of the molecule is Cl[13c]1[13cH][13cH][13cH][13c](I)[13cH]1. The molecule has 0 aromatic heterocycles. The van der Waals surface area contributed by atoms with E-state index in [1.165, 1.54) is 3.57 Å². The van der Waals surface area contributed by atoms with Crippen molar-refractivity contribution in [3.05, 3.63) is 32.9 Å². The number of hydrogen-bond acceptors (Lipinski definition) is 0. The number of halogens is 2. The molecule has 0 spiro atoms. The maximum absolute atomic E-state index is 5.64. The summed E-state index contributed by atoms with van der Waals surface area (Å²) in [5.74, 6) is 0. The summed E-state index contributed by atoms with van der Waals surface area (Å²) in [6, 6.07) is 7.72. The molecule has 0 saturated heterocycles. The van der Waals surface area contributed by atoms with Crippen molar-refractivity contribution in [3.63, 3.8) is 0 Å². The van der Waals surface area contributed by atoms with Crippen LogP contribution in [0.2, 0.25) is 5.02 Å². The zero-order chi connectivity index (χ0) is 5.98. The third-order valence-electron chi connectivity index (χ3n) is 0.787. The molecule has 0 aliphatic heterocycles. The Morgan fingerprint density at radius 3 is 2.50 bits per heavy atom. The molecule has 1 rings (SSSR count). The first-order chi connectivity index (χ1) is 3.79. The lowest BCUT2D eigenvalue weighted by Gasteiger charge is -1.87. The highest BCUT2D eigenvalue weighted by Gasteiger charge is 1.84. The second-order valence-electron chi connectivity index (χ2n) is 1.44. The molecule has 0 bridgehead atoms. The van der Waals surface area contributed by atoms with Crippen LogP contribution in [0, 0.1) is 3.57 Å². The van der Waals surface area contributed by atoms with Gasteiger partial charge >= 0.3 is 0 Å². The summed E-state index contributed by atoms with van der Waals surface area (Å²) in [4.78, 5) is 0. The Balaban J connectivity index is 3.08. The lowest BCUT2D eigenvalue weighted by molar-refractivity contribution is 1.65. The molecular weight excluding hydrogens is 240 g/mol. The molecule has 0 heterocycles. The van der Waals surface area contributed by atoms with Crippen molar-refractivity contribution in [1.82, 2.24) is 0 Å². The maximum atomic E-state index is 5.64. The van der Waals surface area contributed by atoms with Gasteiger partial charge in [0, 0.05) is 8.59 Å². The van der Waals surface area contributed by atoms with Crippen LogP contribution >= 0.6 is 34.2 Å². The van der Waals surface area contributed by atoms with Crippen LogP contribution in [-0.2, 0) is 0 Å². The van der Waals surface area contributed by atoms with Crippen LogP contribution in [0.5, 0.6) is 0 Å². The highest BCUT2D eigenvalue weighted by Crippen LogP contribution is 2.11. The summed E-state index contributed by atoms with van der Waals surface area (Å²) in [5, 5.41) is 0.803. The summed E-state index contributed by atoms with van der Waals surface area (Å²) < 4.78 is 1.18. The largest absolute Gasteiger partial charge is 0.0843 e. The van der Waals surface area contributed by atoms with Gasteiger partial charge in [0.2, 0.25) is 0 Å². The van der Waals surface area contributed by atoms with Crippen LogP contribution in [0.25, 0.3) is 0 Å². The fourth-order valence-corrected chi connectivity index (χ4v) is 1.38. The Bertz CT molecular complexity index is 168. The van der Waals surface area contributed by atoms with Crippen LogP contribution in [0.1, 0.15) is 0 Å². The lowest BCUT2D eigenvalue weighted by Crippen LogP contribution is -1.65. The third kappa shape index (κ3) is 1.63. The van der Waals surface area contributed by atoms with Crippen molar-refractivity contribution in [3.8, 4) is 0 Å². The van der Waals surface area contributed by atoms with Gasteiger partial charge in [-0.05, 0) is 40.8 Å². The third-order valence-corrected chi connectivity index (χ3v) is 1.69. The Morgan fingerprint density at radius 2 is 2.12 bits per heavy atom. The number of hydrogen-bond donors (Lipinski definition) is 0. The molecule has 8 heavy (non-hydrogen) atoms. The van der Waals surface area contributed by atoms with E-state index in [0.29, 0.717) is 0 Å². The molecule has 0 nitrogen and oxygen atoms in total. The van der Waals surface area contributed by atoms with Gasteiger partial charge in [-0.3, -0.25) is 0 Å². The molecule has 1 aromatic rings. The molecule has 0 atom stereocenters. The fraction of sp³-hybridized carbons (Fsp3) is 0. The van der Waals surface area contributed by atoms with Crippen LogP contribution in [0.4, 0.5) is 0 Å². The van der Waals surface area contributed by atoms with Crippen molar-refractivity contribution < 1.29 is 0 Å². The number of benzene rings is 1. The maximum Gasteiger partial charge on any atom is 0.0416 e. The zero-order valence-corrected chi connectivity index (χ0v) is 6.98. The quantitative estimate of drug-likeness (QED) is 0.616. The minimum atomic E-state index is 0.803. The molecule has 0 aliphatic carbocycles. The summed E-state index contributed by atoms with van der Waals surface area (Å²) in [7, 11) is 0. The average Bonchev–Trinajstić information content (AvgIpc) is 1.64. The molecule has 42 valence electrons. The average molecular weight is 244 g/mol. The van der Waals surface area contributed by atoms with Crippen molar-refractivity contribution in [2.45, 2.75) is 0 Å². The molecule has 0 fully saturated rings. The molecule has 0 radical (unpaired) electrons. The Kier molecular flexibility index (Phi) is 2.14. The summed E-state index contributed by atoms with van der Waals surface area (Å²) in [5.41, 5.74) is 0. The van der Waals surface area contributed by atoms with Crippen LogP contribution in [0.15, 0.2) is 24.3 Å². The minimum absolute atomic E-state index is 0.803. The van der Waals surface area contributed by atoms with E-state index >= 15 is 0 Å². The summed E-state index contributed by atoms with van der Waals surface area (Å²) in [6.45, 7) is 0. The molecule has 0 saturated carbocycles. The van der Waals surface area contributed by atoms with E-state index in [1.807, 2.05) is 24.3 Å². The van der Waals surface area contributed by atoms with Gasteiger partial charge in [-0.1, -0.05) is 17.7 Å². The monoisotopic (exact) mass is 244 g/mol. The van der Waals surface area contributed by atoms with E-state index in [4.69, 9.17) is 11.6 Å². The van der Waals surface area contributed by atoms with E-state index < -0.39 is 0 Å². The van der Waals surface area contributed by atoms with Gasteiger partial charge in [0.05, 0.1) is 0 Å². The van der Waals surface area contributed by atoms with Gasteiger partial charge in [-0.15, -0.1) is 0 Å². The van der Waals surface area contributed by atoms with Gasteiger partial charge < -0.3 is 0 Å². The first kappa shape index (κ1) is 6.36. The van der Waals surface area contributed by atoms with Gasteiger partial charge in [-0.2, -0.15) is 0 Å². The number of rotatable bonds is 0. The van der Waals surface area contributed by atoms with Gasteiger partial charge in [0.1, 0.15) is 0 Å². The molecular formula is C6H4ClI. The molecule has 0 aliphatic rings. The highest BCUT2D eigenvalue weighted by molar-refractivity contribution is 14.1. The highest BCUT2D eigenvalue weighted by atomic mass is 127. The first-order valence-electron chi connectivity index (χ1n) is 2.20. The van der Waals surface area contributed by atoms with Gasteiger partial charge in [0.15, 0.2) is 0 Å². The van der Waals surface area contributed by atoms with Crippen molar-refractivity contribution in [2.75, 3.05) is 0 Å². The van der Waals surface area contributed by atoms with E-state index in [9.17, 15) is 0 Å². The Hall–Kier alpha value is 0.240. The lowest BCUT2D eigenvalue weighted by atomic mass is 11.4. The van der Waals surface area contributed by atoms with Crippen molar-refractivity contribution in [2.24, 2.45) is 0 Å². The van der Waals surface area contributed by atoms with Crippen molar-refractivity contribution >= 4 is 34.2 Å². The topological polar surface area (TPSA) is 0 Å². The normalized spacial score (nSPS) is 9.25. The molecule has 0 N–H and O–H groups in total.